The molecule has 5 aromatic rings. The van der Waals surface area contributed by atoms with Crippen molar-refractivity contribution in [2.24, 2.45) is 11.8 Å². The predicted octanol–water partition coefficient (Wildman–Crippen LogP) is 6.43. The number of tetrazole rings is 1. The first kappa shape index (κ1) is 27.9. The van der Waals surface area contributed by atoms with Gasteiger partial charge in [0.2, 0.25) is 0 Å². The number of aromatic amines is 1. The van der Waals surface area contributed by atoms with E-state index in [1.807, 2.05) is 18.2 Å². The Labute approximate surface area is 254 Å². The van der Waals surface area contributed by atoms with Crippen LogP contribution in [0.25, 0.3) is 33.7 Å². The van der Waals surface area contributed by atoms with Gasteiger partial charge in [0.1, 0.15) is 23.0 Å². The van der Waals surface area contributed by atoms with Gasteiger partial charge in [-0.3, -0.25) is 4.98 Å². The summed E-state index contributed by atoms with van der Waals surface area (Å²) in [5.41, 5.74) is 3.65. The van der Waals surface area contributed by atoms with Crippen molar-refractivity contribution in [1.29, 1.82) is 0 Å². The van der Waals surface area contributed by atoms with Crippen LogP contribution in [0.4, 0.5) is 19.0 Å². The fraction of sp³-hybridized carbons (Fsp3) is 0.419. The molecule has 2 atom stereocenters. The first-order valence-electron chi connectivity index (χ1n) is 15.1. The molecule has 0 spiro atoms. The van der Waals surface area contributed by atoms with Crippen LogP contribution in [0.5, 0.6) is 5.75 Å². The second-order valence-corrected chi connectivity index (χ2v) is 12.1. The zero-order chi connectivity index (χ0) is 30.5. The van der Waals surface area contributed by atoms with Gasteiger partial charge in [-0.1, -0.05) is 17.3 Å². The highest BCUT2D eigenvalue weighted by Crippen LogP contribution is 2.47. The summed E-state index contributed by atoms with van der Waals surface area (Å²) >= 11 is 0. The molecule has 2 N–H and O–H groups in total. The lowest BCUT2D eigenvalue weighted by Gasteiger charge is -2.36. The first-order chi connectivity index (χ1) is 21.9. The first-order valence-corrected chi connectivity index (χ1v) is 15.1. The number of ether oxygens (including phenoxy) is 2. The van der Waals surface area contributed by atoms with E-state index < -0.39 is 6.36 Å². The Morgan fingerprint density at radius 3 is 2.58 bits per heavy atom. The van der Waals surface area contributed by atoms with Gasteiger partial charge in [-0.15, -0.1) is 18.3 Å². The van der Waals surface area contributed by atoms with Gasteiger partial charge in [-0.25, -0.2) is 10.1 Å². The minimum atomic E-state index is -4.82. The van der Waals surface area contributed by atoms with Gasteiger partial charge in [0, 0.05) is 28.7 Å². The minimum Gasteiger partial charge on any atom is -0.405 e. The van der Waals surface area contributed by atoms with Crippen LogP contribution in [0.1, 0.15) is 55.8 Å². The molecule has 14 heteroatoms. The van der Waals surface area contributed by atoms with Crippen LogP contribution in [-0.2, 0) is 11.3 Å². The molecule has 3 fully saturated rings. The quantitative estimate of drug-likeness (QED) is 0.190. The SMILES string of the molecule is FC(F)(F)Oc1ccccc1-c1noc(C2CC2)c1COC1CC2CCC(C1)C2Nc1cnc2cc(-c3nnn[nH]3)ccc2n1. The molecular weight excluding hydrogens is 589 g/mol. The molecular formula is C31H29F3N8O3. The molecule has 0 amide bonds. The Morgan fingerprint density at radius 2 is 1.82 bits per heavy atom. The molecule has 0 radical (unpaired) electrons. The second kappa shape index (κ2) is 11.1. The van der Waals surface area contributed by atoms with E-state index in [-0.39, 0.29) is 36.0 Å². The van der Waals surface area contributed by atoms with Crippen LogP contribution in [0.2, 0.25) is 0 Å². The topological polar surface area (TPSA) is 137 Å². The summed E-state index contributed by atoms with van der Waals surface area (Å²) in [5, 5.41) is 21.8. The van der Waals surface area contributed by atoms with Crippen molar-refractivity contribution in [3.63, 3.8) is 0 Å². The number of rotatable bonds is 9. The number of para-hydroxylation sites is 1. The van der Waals surface area contributed by atoms with Gasteiger partial charge >= 0.3 is 6.36 Å². The van der Waals surface area contributed by atoms with E-state index in [4.69, 9.17) is 14.2 Å². The fourth-order valence-corrected chi connectivity index (χ4v) is 6.94. The molecule has 2 aromatic carbocycles. The van der Waals surface area contributed by atoms with Crippen LogP contribution in [0.3, 0.4) is 0 Å². The Balaban J connectivity index is 0.956. The number of hydrogen-bond acceptors (Lipinski definition) is 10. The van der Waals surface area contributed by atoms with E-state index >= 15 is 0 Å². The summed E-state index contributed by atoms with van der Waals surface area (Å²) < 4.78 is 55.9. The van der Waals surface area contributed by atoms with Gasteiger partial charge < -0.3 is 19.3 Å². The van der Waals surface area contributed by atoms with E-state index in [1.165, 1.54) is 12.1 Å². The highest BCUT2D eigenvalue weighted by atomic mass is 19.4. The van der Waals surface area contributed by atoms with Gasteiger partial charge in [-0.2, -0.15) is 0 Å². The number of benzene rings is 2. The van der Waals surface area contributed by atoms with Gasteiger partial charge in [-0.05, 0) is 91.1 Å². The minimum absolute atomic E-state index is 0.0173. The van der Waals surface area contributed by atoms with Crippen LogP contribution < -0.4 is 10.1 Å². The third-order valence-electron chi connectivity index (χ3n) is 9.13. The number of halogens is 3. The van der Waals surface area contributed by atoms with Crippen molar-refractivity contribution in [2.45, 2.75) is 69.6 Å². The fourth-order valence-electron chi connectivity index (χ4n) is 6.94. The van der Waals surface area contributed by atoms with E-state index in [0.717, 1.165) is 60.9 Å². The Hall–Kier alpha value is -4.59. The molecule has 232 valence electrons. The monoisotopic (exact) mass is 618 g/mol. The highest BCUT2D eigenvalue weighted by Gasteiger charge is 2.44. The molecule has 2 bridgehead atoms. The lowest BCUT2D eigenvalue weighted by Crippen LogP contribution is -2.39. The zero-order valence-electron chi connectivity index (χ0n) is 24.0. The predicted molar refractivity (Wildman–Crippen MR) is 155 cm³/mol. The number of hydrogen-bond donors (Lipinski definition) is 2. The van der Waals surface area contributed by atoms with E-state index in [2.05, 4.69) is 40.8 Å². The van der Waals surface area contributed by atoms with Crippen molar-refractivity contribution >= 4 is 16.9 Å². The van der Waals surface area contributed by atoms with Gasteiger partial charge in [0.15, 0.2) is 5.82 Å². The van der Waals surface area contributed by atoms with Gasteiger partial charge in [0.05, 0.1) is 29.9 Å². The molecule has 0 saturated heterocycles. The molecule has 3 saturated carbocycles. The van der Waals surface area contributed by atoms with Gasteiger partial charge in [0.25, 0.3) is 0 Å². The van der Waals surface area contributed by atoms with E-state index in [0.29, 0.717) is 34.7 Å². The van der Waals surface area contributed by atoms with Crippen molar-refractivity contribution < 1.29 is 27.2 Å². The van der Waals surface area contributed by atoms with Crippen LogP contribution in [0.15, 0.2) is 53.2 Å². The summed E-state index contributed by atoms with van der Waals surface area (Å²) in [6.07, 6.45) is 2.80. The number of nitrogens with one attached hydrogen (secondary N) is 2. The molecule has 3 aliphatic rings. The summed E-state index contributed by atoms with van der Waals surface area (Å²) in [6.45, 7) is 0.218. The maximum absolute atomic E-state index is 13.1. The van der Waals surface area contributed by atoms with Crippen molar-refractivity contribution in [3.8, 4) is 28.4 Å². The summed E-state index contributed by atoms with van der Waals surface area (Å²) in [7, 11) is 0. The number of alkyl halides is 3. The maximum Gasteiger partial charge on any atom is 0.573 e. The average molecular weight is 619 g/mol. The average Bonchev–Trinajstić information content (AvgIpc) is 3.44. The molecule has 8 rings (SSSR count). The van der Waals surface area contributed by atoms with Crippen LogP contribution >= 0.6 is 0 Å². The third kappa shape index (κ3) is 5.70. The number of aromatic nitrogens is 7. The maximum atomic E-state index is 13.1. The molecule has 0 aliphatic heterocycles. The largest absolute Gasteiger partial charge is 0.573 e. The molecule has 3 aliphatic carbocycles. The Morgan fingerprint density at radius 1 is 1.00 bits per heavy atom. The number of nitrogens with zero attached hydrogens (tertiary/aromatic N) is 6. The lowest BCUT2D eigenvalue weighted by molar-refractivity contribution is -0.274. The second-order valence-electron chi connectivity index (χ2n) is 12.1. The van der Waals surface area contributed by atoms with Crippen molar-refractivity contribution in [2.75, 3.05) is 5.32 Å². The molecule has 45 heavy (non-hydrogen) atoms. The van der Waals surface area contributed by atoms with Crippen LogP contribution in [-0.4, -0.2) is 54.3 Å². The summed E-state index contributed by atoms with van der Waals surface area (Å²) in [5.74, 6) is 2.71. The normalized spacial score (nSPS) is 23.0. The van der Waals surface area contributed by atoms with Crippen LogP contribution in [0, 0.1) is 11.8 Å². The number of fused-ring (bicyclic) bond motifs is 3. The third-order valence-corrected chi connectivity index (χ3v) is 9.13. The zero-order valence-corrected chi connectivity index (χ0v) is 24.0. The lowest BCUT2D eigenvalue weighted by atomic mass is 9.82. The molecule has 3 aromatic heterocycles. The Kier molecular flexibility index (Phi) is 6.88. The summed E-state index contributed by atoms with van der Waals surface area (Å²) in [4.78, 5) is 9.44. The standard InChI is InChI=1S/C31H29F3N8O3/c32-31(33,34)44-25-4-2-1-3-21(25)28-22(29(45-40-28)16-5-6-16)15-43-20-11-17-7-8-18(12-20)27(17)37-26-14-35-24-13-19(9-10-23(24)36-26)30-38-41-42-39-30/h1-4,9-10,13-14,16-18,20,27H,5-8,11-12,15H2,(H,36,37)(H,38,39,41,42). The molecule has 3 heterocycles. The van der Waals surface area contributed by atoms with E-state index in [1.54, 1.807) is 18.3 Å². The highest BCUT2D eigenvalue weighted by molar-refractivity contribution is 5.80. The summed E-state index contributed by atoms with van der Waals surface area (Å²) in [6, 6.07) is 12.0. The number of anilines is 1. The number of H-pyrrole nitrogens is 1. The van der Waals surface area contributed by atoms with Crippen molar-refractivity contribution in [3.05, 3.63) is 60.0 Å². The molecule has 2 unspecified atom stereocenters. The van der Waals surface area contributed by atoms with E-state index in [9.17, 15) is 13.2 Å². The smallest absolute Gasteiger partial charge is 0.405 e. The molecule has 11 nitrogen and oxygen atoms in total. The Bertz CT molecular complexity index is 1810. The van der Waals surface area contributed by atoms with Crippen molar-refractivity contribution in [1.82, 2.24) is 35.7 Å².